The summed E-state index contributed by atoms with van der Waals surface area (Å²) in [6.07, 6.45) is 0. The fourth-order valence-corrected chi connectivity index (χ4v) is 2.43. The van der Waals surface area contributed by atoms with E-state index in [0.717, 1.165) is 6.07 Å². The van der Waals surface area contributed by atoms with Crippen molar-refractivity contribution in [3.05, 3.63) is 57.0 Å². The Morgan fingerprint density at radius 2 is 1.95 bits per heavy atom. The van der Waals surface area contributed by atoms with Crippen LogP contribution >= 0.6 is 39.7 Å². The highest BCUT2D eigenvalue weighted by molar-refractivity contribution is 9.10. The van der Waals surface area contributed by atoms with Gasteiger partial charge in [-0.15, -0.1) is 0 Å². The second-order valence-electron chi connectivity index (χ2n) is 3.78. The van der Waals surface area contributed by atoms with Gasteiger partial charge in [-0.25, -0.2) is 8.78 Å². The Morgan fingerprint density at radius 1 is 1.25 bits per heavy atom. The molecule has 2 aromatic rings. The number of thiocarbonyl (C=S) groups is 1. The van der Waals surface area contributed by atoms with E-state index >= 15 is 0 Å². The Labute approximate surface area is 132 Å². The highest BCUT2D eigenvalue weighted by atomic mass is 79.9. The van der Waals surface area contributed by atoms with Gasteiger partial charge in [0.1, 0.15) is 16.6 Å². The predicted molar refractivity (Wildman–Crippen MR) is 81.5 cm³/mol. The van der Waals surface area contributed by atoms with Crippen LogP contribution in [0, 0.1) is 11.6 Å². The van der Waals surface area contributed by atoms with Crippen molar-refractivity contribution in [3.63, 3.8) is 0 Å². The maximum absolute atomic E-state index is 14.1. The van der Waals surface area contributed by atoms with Crippen LogP contribution in [-0.2, 0) is 0 Å². The molecule has 0 aliphatic carbocycles. The quantitative estimate of drug-likeness (QED) is 0.779. The van der Waals surface area contributed by atoms with Crippen molar-refractivity contribution in [3.8, 4) is 11.5 Å². The van der Waals surface area contributed by atoms with Crippen LogP contribution in [0.2, 0.25) is 5.02 Å². The van der Waals surface area contributed by atoms with Crippen molar-refractivity contribution in [1.29, 1.82) is 0 Å². The zero-order valence-corrected chi connectivity index (χ0v) is 13.0. The Kier molecular flexibility index (Phi) is 4.57. The first-order valence-corrected chi connectivity index (χ1v) is 6.88. The molecule has 0 fully saturated rings. The molecule has 7 heteroatoms. The summed E-state index contributed by atoms with van der Waals surface area (Å²) in [5.74, 6) is -1.28. The fourth-order valence-electron chi connectivity index (χ4n) is 1.47. The summed E-state index contributed by atoms with van der Waals surface area (Å²) in [7, 11) is 0. The lowest BCUT2D eigenvalue weighted by molar-refractivity contribution is 0.437. The van der Waals surface area contributed by atoms with Gasteiger partial charge in [-0.3, -0.25) is 0 Å². The van der Waals surface area contributed by atoms with Crippen molar-refractivity contribution in [2.75, 3.05) is 0 Å². The Hall–Kier alpha value is -1.24. The van der Waals surface area contributed by atoms with Gasteiger partial charge in [0, 0.05) is 11.6 Å². The zero-order chi connectivity index (χ0) is 14.9. The molecule has 0 amide bonds. The molecule has 0 atom stereocenters. The van der Waals surface area contributed by atoms with E-state index in [1.54, 1.807) is 0 Å². The molecule has 0 aliphatic heterocycles. The predicted octanol–water partition coefficient (Wildman–Crippen LogP) is 4.81. The molecule has 0 heterocycles. The Balaban J connectivity index is 2.37. The highest BCUT2D eigenvalue weighted by Crippen LogP contribution is 2.32. The van der Waals surface area contributed by atoms with Gasteiger partial charge in [-0.2, -0.15) is 0 Å². The molecule has 2 aromatic carbocycles. The molecular formula is C13H7BrClF2NOS. The molecule has 0 radical (unpaired) electrons. The SMILES string of the molecule is NC(=S)c1ccc(Oc2ccc(Cl)c(F)c2)c(F)c1Br. The maximum Gasteiger partial charge on any atom is 0.180 e. The summed E-state index contributed by atoms with van der Waals surface area (Å²) < 4.78 is 32.7. The number of hydrogen-bond donors (Lipinski definition) is 1. The molecule has 0 bridgehead atoms. The average Bonchev–Trinajstić information content (AvgIpc) is 2.39. The molecule has 0 saturated carbocycles. The zero-order valence-electron chi connectivity index (χ0n) is 9.79. The number of halogens is 4. The third kappa shape index (κ3) is 3.08. The minimum absolute atomic E-state index is 0.0390. The first kappa shape index (κ1) is 15.2. The summed E-state index contributed by atoms with van der Waals surface area (Å²) in [6, 6.07) is 6.69. The maximum atomic E-state index is 14.1. The van der Waals surface area contributed by atoms with Crippen LogP contribution in [0.4, 0.5) is 8.78 Å². The van der Waals surface area contributed by atoms with E-state index < -0.39 is 11.6 Å². The van der Waals surface area contributed by atoms with Crippen molar-refractivity contribution in [1.82, 2.24) is 0 Å². The molecule has 0 saturated heterocycles. The van der Waals surface area contributed by atoms with Crippen molar-refractivity contribution in [2.24, 2.45) is 5.73 Å². The molecule has 20 heavy (non-hydrogen) atoms. The highest BCUT2D eigenvalue weighted by Gasteiger charge is 2.15. The number of hydrogen-bond acceptors (Lipinski definition) is 2. The van der Waals surface area contributed by atoms with Crippen molar-refractivity contribution in [2.45, 2.75) is 0 Å². The van der Waals surface area contributed by atoms with E-state index in [9.17, 15) is 8.78 Å². The van der Waals surface area contributed by atoms with Crippen molar-refractivity contribution < 1.29 is 13.5 Å². The lowest BCUT2D eigenvalue weighted by Crippen LogP contribution is -2.11. The van der Waals surface area contributed by atoms with E-state index in [1.165, 1.54) is 24.3 Å². The van der Waals surface area contributed by atoms with Gasteiger partial charge in [0.05, 0.1) is 9.50 Å². The molecule has 2 nitrogen and oxygen atoms in total. The van der Waals surface area contributed by atoms with Gasteiger partial charge in [0.25, 0.3) is 0 Å². The van der Waals surface area contributed by atoms with Crippen LogP contribution in [0.3, 0.4) is 0 Å². The van der Waals surface area contributed by atoms with E-state index in [1.807, 2.05) is 0 Å². The second-order valence-corrected chi connectivity index (χ2v) is 5.42. The fraction of sp³-hybridized carbons (Fsp3) is 0. The van der Waals surface area contributed by atoms with E-state index in [2.05, 4.69) is 15.9 Å². The standard InChI is InChI=1S/C13H7BrClF2NOS/c14-11-7(13(18)20)2-4-10(12(11)17)19-6-1-3-8(15)9(16)5-6/h1-5H,(H2,18,20). The molecule has 0 aliphatic rings. The Morgan fingerprint density at radius 3 is 2.55 bits per heavy atom. The topological polar surface area (TPSA) is 35.2 Å². The van der Waals surface area contributed by atoms with Crippen LogP contribution in [0.5, 0.6) is 11.5 Å². The third-order valence-electron chi connectivity index (χ3n) is 2.43. The minimum Gasteiger partial charge on any atom is -0.454 e. The van der Waals surface area contributed by atoms with Gasteiger partial charge >= 0.3 is 0 Å². The summed E-state index contributed by atoms with van der Waals surface area (Å²) >= 11 is 13.4. The molecule has 0 unspecified atom stereocenters. The van der Waals surface area contributed by atoms with E-state index in [-0.39, 0.29) is 26.0 Å². The van der Waals surface area contributed by atoms with Crippen LogP contribution in [-0.4, -0.2) is 4.99 Å². The molecular weight excluding hydrogens is 372 g/mol. The van der Waals surface area contributed by atoms with E-state index in [4.69, 9.17) is 34.3 Å². The van der Waals surface area contributed by atoms with Crippen LogP contribution in [0.15, 0.2) is 34.8 Å². The summed E-state index contributed by atoms with van der Waals surface area (Å²) in [6.45, 7) is 0. The summed E-state index contributed by atoms with van der Waals surface area (Å²) in [5.41, 5.74) is 5.81. The minimum atomic E-state index is -0.675. The third-order valence-corrected chi connectivity index (χ3v) is 3.73. The van der Waals surface area contributed by atoms with Gasteiger partial charge in [0.15, 0.2) is 11.6 Å². The smallest absolute Gasteiger partial charge is 0.180 e. The normalized spacial score (nSPS) is 10.4. The second kappa shape index (κ2) is 6.03. The molecule has 104 valence electrons. The molecule has 2 rings (SSSR count). The monoisotopic (exact) mass is 377 g/mol. The molecule has 2 N–H and O–H groups in total. The van der Waals surface area contributed by atoms with E-state index in [0.29, 0.717) is 5.56 Å². The number of rotatable bonds is 3. The summed E-state index contributed by atoms with van der Waals surface area (Å²) in [4.78, 5) is 0.0554. The number of ether oxygens (including phenoxy) is 1. The average molecular weight is 379 g/mol. The first-order valence-electron chi connectivity index (χ1n) is 5.31. The van der Waals surface area contributed by atoms with Gasteiger partial charge < -0.3 is 10.5 Å². The van der Waals surface area contributed by atoms with Gasteiger partial charge in [-0.05, 0) is 40.2 Å². The van der Waals surface area contributed by atoms with Crippen LogP contribution in [0.25, 0.3) is 0 Å². The Bertz CT molecular complexity index is 696. The van der Waals surface area contributed by atoms with Gasteiger partial charge in [-0.1, -0.05) is 23.8 Å². The van der Waals surface area contributed by atoms with Crippen LogP contribution in [0.1, 0.15) is 5.56 Å². The molecule has 0 spiro atoms. The summed E-state index contributed by atoms with van der Waals surface area (Å²) in [5, 5.41) is -0.0390. The lowest BCUT2D eigenvalue weighted by Gasteiger charge is -2.10. The first-order chi connectivity index (χ1) is 9.40. The van der Waals surface area contributed by atoms with Gasteiger partial charge in [0.2, 0.25) is 0 Å². The molecule has 0 aromatic heterocycles. The van der Waals surface area contributed by atoms with Crippen LogP contribution < -0.4 is 10.5 Å². The number of benzene rings is 2. The number of nitrogens with two attached hydrogens (primary N) is 1. The largest absolute Gasteiger partial charge is 0.454 e. The van der Waals surface area contributed by atoms with Crippen molar-refractivity contribution >= 4 is 44.7 Å². The lowest BCUT2D eigenvalue weighted by atomic mass is 10.2.